The predicted octanol–water partition coefficient (Wildman–Crippen LogP) is 2.18. The second kappa shape index (κ2) is 10.5. The fraction of sp³-hybridized carbons (Fsp3) is 0.679. The van der Waals surface area contributed by atoms with Crippen LogP contribution in [0.4, 0.5) is 5.69 Å². The molecule has 36 heavy (non-hydrogen) atoms. The van der Waals surface area contributed by atoms with Crippen LogP contribution >= 0.6 is 0 Å². The van der Waals surface area contributed by atoms with E-state index in [1.54, 1.807) is 4.90 Å². The number of rotatable bonds is 8. The van der Waals surface area contributed by atoms with Crippen molar-refractivity contribution in [3.05, 3.63) is 29.8 Å². The number of anilines is 1. The molecule has 0 bridgehead atoms. The van der Waals surface area contributed by atoms with Gasteiger partial charge >= 0.3 is 0 Å². The minimum Gasteiger partial charge on any atom is -0.369 e. The quantitative estimate of drug-likeness (QED) is 0.594. The number of Topliss-reactive ketones (excluding diaryl/α,β-unsaturated/α-hetero) is 1. The maximum absolute atomic E-state index is 13.7. The Bertz CT molecular complexity index is 968. The van der Waals surface area contributed by atoms with Gasteiger partial charge in [-0.2, -0.15) is 0 Å². The molecule has 4 fully saturated rings. The molecule has 3 heterocycles. The van der Waals surface area contributed by atoms with Gasteiger partial charge in [-0.1, -0.05) is 20.8 Å². The normalized spacial score (nSPS) is 27.4. The van der Waals surface area contributed by atoms with Crippen molar-refractivity contribution in [1.82, 2.24) is 15.1 Å². The Hall–Kier alpha value is -2.45. The van der Waals surface area contributed by atoms with Crippen LogP contribution in [0, 0.1) is 17.8 Å². The Morgan fingerprint density at radius 3 is 2.39 bits per heavy atom. The van der Waals surface area contributed by atoms with Crippen molar-refractivity contribution in [2.75, 3.05) is 50.8 Å². The van der Waals surface area contributed by atoms with Gasteiger partial charge in [0.05, 0.1) is 6.10 Å². The summed E-state index contributed by atoms with van der Waals surface area (Å²) in [6.07, 6.45) is 2.63. The van der Waals surface area contributed by atoms with Crippen LogP contribution < -0.4 is 10.2 Å². The third-order valence-corrected chi connectivity index (χ3v) is 8.36. The summed E-state index contributed by atoms with van der Waals surface area (Å²) in [5.74, 6) is 0.577. The molecular weight excluding hydrogens is 456 g/mol. The zero-order valence-electron chi connectivity index (χ0n) is 21.8. The molecule has 1 N–H and O–H groups in total. The first-order valence-electron chi connectivity index (χ1n) is 13.7. The molecule has 1 aromatic rings. The molecule has 8 nitrogen and oxygen atoms in total. The Kier molecular flexibility index (Phi) is 7.35. The van der Waals surface area contributed by atoms with E-state index in [-0.39, 0.29) is 42.1 Å². The third kappa shape index (κ3) is 5.16. The number of benzene rings is 1. The van der Waals surface area contributed by atoms with E-state index in [2.05, 4.69) is 22.0 Å². The van der Waals surface area contributed by atoms with Crippen LogP contribution in [-0.2, 0) is 14.3 Å². The average Bonchev–Trinajstić information content (AvgIpc) is 3.55. The monoisotopic (exact) mass is 496 g/mol. The molecule has 2 amide bonds. The van der Waals surface area contributed by atoms with Crippen LogP contribution in [0.1, 0.15) is 50.4 Å². The molecule has 5 rings (SSSR count). The first kappa shape index (κ1) is 25.2. The number of piperazine rings is 1. The van der Waals surface area contributed by atoms with E-state index in [0.717, 1.165) is 51.3 Å². The lowest BCUT2D eigenvalue weighted by molar-refractivity contribution is -0.138. The number of hydrogen-bond acceptors (Lipinski definition) is 6. The van der Waals surface area contributed by atoms with Gasteiger partial charge in [0.15, 0.2) is 5.78 Å². The van der Waals surface area contributed by atoms with Gasteiger partial charge in [-0.05, 0) is 61.9 Å². The molecule has 4 aliphatic rings. The molecule has 4 atom stereocenters. The van der Waals surface area contributed by atoms with E-state index in [0.29, 0.717) is 24.4 Å². The van der Waals surface area contributed by atoms with Gasteiger partial charge in [-0.3, -0.25) is 14.4 Å². The summed E-state index contributed by atoms with van der Waals surface area (Å²) >= 11 is 0. The van der Waals surface area contributed by atoms with Crippen molar-refractivity contribution in [1.29, 1.82) is 0 Å². The average molecular weight is 497 g/mol. The maximum atomic E-state index is 13.7. The molecule has 196 valence electrons. The molecule has 8 heteroatoms. The van der Waals surface area contributed by atoms with Crippen LogP contribution in [-0.4, -0.2) is 91.5 Å². The Balaban J connectivity index is 1.26. The predicted molar refractivity (Wildman–Crippen MR) is 138 cm³/mol. The fourth-order valence-corrected chi connectivity index (χ4v) is 6.14. The number of hydrogen-bond donors (Lipinski definition) is 1. The third-order valence-electron chi connectivity index (χ3n) is 8.36. The van der Waals surface area contributed by atoms with E-state index < -0.39 is 12.1 Å². The van der Waals surface area contributed by atoms with Gasteiger partial charge in [-0.25, -0.2) is 0 Å². The number of nitrogens with one attached hydrogen (secondary N) is 1. The van der Waals surface area contributed by atoms with Crippen LogP contribution in [0.3, 0.4) is 0 Å². The maximum Gasteiger partial charge on any atom is 0.251 e. The summed E-state index contributed by atoms with van der Waals surface area (Å²) in [6, 6.07) is 6.52. The van der Waals surface area contributed by atoms with Crippen LogP contribution in [0.2, 0.25) is 0 Å². The molecular formula is C28H40N4O4. The fourth-order valence-electron chi connectivity index (χ4n) is 6.14. The van der Waals surface area contributed by atoms with Crippen molar-refractivity contribution >= 4 is 23.3 Å². The second-order valence-corrected chi connectivity index (χ2v) is 11.3. The Morgan fingerprint density at radius 1 is 1.08 bits per heavy atom. The van der Waals surface area contributed by atoms with Crippen LogP contribution in [0.15, 0.2) is 24.3 Å². The summed E-state index contributed by atoms with van der Waals surface area (Å²) in [4.78, 5) is 46.1. The Morgan fingerprint density at radius 2 is 1.78 bits per heavy atom. The van der Waals surface area contributed by atoms with Gasteiger partial charge in [0.2, 0.25) is 5.91 Å². The smallest absolute Gasteiger partial charge is 0.251 e. The number of likely N-dealkylation sites (tertiary alicyclic amines) is 1. The van der Waals surface area contributed by atoms with Crippen molar-refractivity contribution in [2.24, 2.45) is 17.8 Å². The lowest BCUT2D eigenvalue weighted by atomic mass is 9.97. The lowest BCUT2D eigenvalue weighted by Gasteiger charge is -2.35. The summed E-state index contributed by atoms with van der Waals surface area (Å²) in [6.45, 7) is 12.0. The zero-order chi connectivity index (χ0) is 25.4. The highest BCUT2D eigenvalue weighted by atomic mass is 16.5. The van der Waals surface area contributed by atoms with Crippen LogP contribution in [0.25, 0.3) is 0 Å². The zero-order valence-corrected chi connectivity index (χ0v) is 21.8. The lowest BCUT2D eigenvalue weighted by Crippen LogP contribution is -2.52. The number of fused-ring (bicyclic) bond motifs is 1. The van der Waals surface area contributed by atoms with Gasteiger partial charge < -0.3 is 24.8 Å². The van der Waals surface area contributed by atoms with E-state index in [1.807, 2.05) is 38.1 Å². The standard InChI is InChI=1S/C28H40N4O4/c1-4-30-11-13-31(14-12-30)21-9-7-20(8-10-21)27(34)29-23(15-18(2)3)28(35)32-16-22(19-5-6-19)26-25(32)24(33)17-36-26/h7-10,18-19,22-23,25-26H,4-6,11-17H2,1-3H3,(H,29,34)/t22-,23?,25-,26-/m1/s1. The molecule has 1 aromatic carbocycles. The number of ether oxygens (including phenoxy) is 1. The largest absolute Gasteiger partial charge is 0.369 e. The molecule has 3 aliphatic heterocycles. The summed E-state index contributed by atoms with van der Waals surface area (Å²) in [7, 11) is 0. The molecule has 0 radical (unpaired) electrons. The highest BCUT2D eigenvalue weighted by molar-refractivity contribution is 5.99. The van der Waals surface area contributed by atoms with E-state index in [9.17, 15) is 14.4 Å². The molecule has 3 saturated heterocycles. The summed E-state index contributed by atoms with van der Waals surface area (Å²) in [5.41, 5.74) is 1.66. The molecule has 0 spiro atoms. The SMILES string of the molecule is CCN1CCN(c2ccc(C(=O)NC(CC(C)C)C(=O)N3C[C@H](C4CC4)[C@H]4OCC(=O)[C@H]43)cc2)CC1. The second-order valence-electron chi connectivity index (χ2n) is 11.3. The molecule has 0 aromatic heterocycles. The van der Waals surface area contributed by atoms with Crippen molar-refractivity contribution in [3.8, 4) is 0 Å². The van der Waals surface area contributed by atoms with Gasteiger partial charge in [0, 0.05) is 49.9 Å². The van der Waals surface area contributed by atoms with Gasteiger partial charge in [-0.15, -0.1) is 0 Å². The van der Waals surface area contributed by atoms with Crippen molar-refractivity contribution in [2.45, 2.75) is 58.2 Å². The van der Waals surface area contributed by atoms with Crippen molar-refractivity contribution in [3.63, 3.8) is 0 Å². The van der Waals surface area contributed by atoms with E-state index >= 15 is 0 Å². The number of likely N-dealkylation sites (N-methyl/N-ethyl adjacent to an activating group) is 1. The number of amides is 2. The number of carbonyl (C=O) groups excluding carboxylic acids is 3. The number of carbonyl (C=O) groups is 3. The van der Waals surface area contributed by atoms with E-state index in [4.69, 9.17) is 4.74 Å². The first-order chi connectivity index (χ1) is 17.4. The van der Waals surface area contributed by atoms with Crippen LogP contribution in [0.5, 0.6) is 0 Å². The Labute approximate surface area is 214 Å². The summed E-state index contributed by atoms with van der Waals surface area (Å²) < 4.78 is 5.83. The minimum absolute atomic E-state index is 0.0125. The highest BCUT2D eigenvalue weighted by Crippen LogP contribution is 2.46. The highest BCUT2D eigenvalue weighted by Gasteiger charge is 2.56. The van der Waals surface area contributed by atoms with Gasteiger partial charge in [0.25, 0.3) is 5.91 Å². The van der Waals surface area contributed by atoms with Gasteiger partial charge in [0.1, 0.15) is 18.7 Å². The molecule has 1 unspecified atom stereocenters. The van der Waals surface area contributed by atoms with Crippen molar-refractivity contribution < 1.29 is 19.1 Å². The molecule has 1 saturated carbocycles. The first-order valence-corrected chi connectivity index (χ1v) is 13.7. The number of ketones is 1. The summed E-state index contributed by atoms with van der Waals surface area (Å²) in [5, 5.41) is 3.01. The topological polar surface area (TPSA) is 82.2 Å². The number of nitrogens with zero attached hydrogens (tertiary/aromatic N) is 3. The molecule has 1 aliphatic carbocycles. The van der Waals surface area contributed by atoms with E-state index in [1.165, 1.54) is 0 Å². The minimum atomic E-state index is -0.661.